The van der Waals surface area contributed by atoms with Crippen molar-refractivity contribution in [1.29, 1.82) is 0 Å². The third-order valence-corrected chi connectivity index (χ3v) is 5.23. The van der Waals surface area contributed by atoms with E-state index < -0.39 is 6.17 Å². The highest BCUT2D eigenvalue weighted by Gasteiger charge is 2.17. The molecule has 29 heavy (non-hydrogen) atoms. The number of fused-ring (bicyclic) bond motifs is 1. The average Bonchev–Trinajstić information content (AvgIpc) is 2.75. The number of halogens is 1. The quantitative estimate of drug-likeness (QED) is 0.713. The molecule has 1 saturated heterocycles. The van der Waals surface area contributed by atoms with Gasteiger partial charge in [-0.3, -0.25) is 0 Å². The van der Waals surface area contributed by atoms with E-state index in [0.717, 1.165) is 65.5 Å². The van der Waals surface area contributed by atoms with Crippen LogP contribution in [0, 0.1) is 13.8 Å². The van der Waals surface area contributed by atoms with E-state index >= 15 is 0 Å². The van der Waals surface area contributed by atoms with Gasteiger partial charge in [0.2, 0.25) is 0 Å². The van der Waals surface area contributed by atoms with Crippen LogP contribution in [0.25, 0.3) is 22.2 Å². The first-order valence-corrected chi connectivity index (χ1v) is 9.97. The van der Waals surface area contributed by atoms with Crippen LogP contribution in [0.3, 0.4) is 0 Å². The molecule has 0 bridgehead atoms. The van der Waals surface area contributed by atoms with Crippen LogP contribution in [0.5, 0.6) is 0 Å². The van der Waals surface area contributed by atoms with E-state index in [-0.39, 0.29) is 0 Å². The van der Waals surface area contributed by atoms with E-state index in [0.29, 0.717) is 5.56 Å². The van der Waals surface area contributed by atoms with Gasteiger partial charge in [-0.2, -0.15) is 0 Å². The summed E-state index contributed by atoms with van der Waals surface area (Å²) in [7, 11) is 1.50. The first-order chi connectivity index (χ1) is 14.0. The van der Waals surface area contributed by atoms with E-state index in [1.165, 1.54) is 7.05 Å². The van der Waals surface area contributed by atoms with Crippen LogP contribution in [0.1, 0.15) is 30.0 Å². The first-order valence-electron chi connectivity index (χ1n) is 9.97. The maximum absolute atomic E-state index is 14.0. The number of alkyl halides is 1. The number of morpholine rings is 1. The Labute approximate surface area is 171 Å². The third kappa shape index (κ3) is 4.38. The molecule has 0 aliphatic carbocycles. The highest BCUT2D eigenvalue weighted by molar-refractivity contribution is 5.95. The standard InChI is InChI=1S/C22H24FN3O.CH5N/c1-14-18(15(2)23)5-4-6-19(14)22-20-13-17(26-9-11-27-12-10-26)7-8-21(20)24-16(3)25-22;1-2/h4-8,13,15H,9-12H2,1-3H3;2H2,1H3. The fourth-order valence-corrected chi connectivity index (χ4v) is 3.80. The summed E-state index contributed by atoms with van der Waals surface area (Å²) < 4.78 is 19.5. The molecule has 4 rings (SSSR count). The van der Waals surface area contributed by atoms with Gasteiger partial charge in [-0.1, -0.05) is 18.2 Å². The van der Waals surface area contributed by atoms with Crippen LogP contribution < -0.4 is 10.6 Å². The highest BCUT2D eigenvalue weighted by Crippen LogP contribution is 2.34. The van der Waals surface area contributed by atoms with Crippen molar-refractivity contribution in [2.45, 2.75) is 26.9 Å². The lowest BCUT2D eigenvalue weighted by molar-refractivity contribution is 0.122. The zero-order chi connectivity index (χ0) is 21.0. The van der Waals surface area contributed by atoms with Crippen LogP contribution >= 0.6 is 0 Å². The number of ether oxygens (including phenoxy) is 1. The van der Waals surface area contributed by atoms with Crippen molar-refractivity contribution in [3.63, 3.8) is 0 Å². The second-order valence-corrected chi connectivity index (χ2v) is 7.06. The van der Waals surface area contributed by atoms with Gasteiger partial charge in [0.1, 0.15) is 12.0 Å². The summed E-state index contributed by atoms with van der Waals surface area (Å²) in [5, 5.41) is 0.997. The van der Waals surface area contributed by atoms with Crippen LogP contribution in [-0.2, 0) is 4.74 Å². The van der Waals surface area contributed by atoms with Crippen LogP contribution in [0.15, 0.2) is 36.4 Å². The zero-order valence-electron chi connectivity index (χ0n) is 17.6. The predicted octanol–water partition coefficient (Wildman–Crippen LogP) is 4.36. The molecule has 0 amide bonds. The van der Waals surface area contributed by atoms with Crippen LogP contribution in [0.2, 0.25) is 0 Å². The van der Waals surface area contributed by atoms with E-state index in [1.807, 2.05) is 32.0 Å². The monoisotopic (exact) mass is 396 g/mol. The number of nitrogens with two attached hydrogens (primary N) is 1. The Bertz CT molecular complexity index is 984. The predicted molar refractivity (Wildman–Crippen MR) is 117 cm³/mol. The highest BCUT2D eigenvalue weighted by atomic mass is 19.1. The second kappa shape index (κ2) is 9.29. The molecule has 1 fully saturated rings. The molecule has 0 spiro atoms. The van der Waals surface area contributed by atoms with Gasteiger partial charge in [-0.15, -0.1) is 0 Å². The van der Waals surface area contributed by atoms with Gasteiger partial charge in [0.05, 0.1) is 24.4 Å². The summed E-state index contributed by atoms with van der Waals surface area (Å²) in [6.07, 6.45) is -1.01. The summed E-state index contributed by atoms with van der Waals surface area (Å²) in [4.78, 5) is 11.7. The molecule has 154 valence electrons. The van der Waals surface area contributed by atoms with Gasteiger partial charge in [0.15, 0.2) is 0 Å². The smallest absolute Gasteiger partial charge is 0.126 e. The molecule has 0 saturated carbocycles. The number of aryl methyl sites for hydroxylation is 1. The van der Waals surface area contributed by atoms with Gasteiger partial charge in [0.25, 0.3) is 0 Å². The molecule has 1 atom stereocenters. The van der Waals surface area contributed by atoms with E-state index in [4.69, 9.17) is 9.72 Å². The summed E-state index contributed by atoms with van der Waals surface area (Å²) in [6.45, 7) is 8.68. The average molecular weight is 397 g/mol. The normalized spacial score (nSPS) is 15.0. The van der Waals surface area contributed by atoms with E-state index in [9.17, 15) is 4.39 Å². The van der Waals surface area contributed by atoms with Gasteiger partial charge >= 0.3 is 0 Å². The molecule has 0 radical (unpaired) electrons. The summed E-state index contributed by atoms with van der Waals surface area (Å²) >= 11 is 0. The Morgan fingerprint density at radius 3 is 2.48 bits per heavy atom. The lowest BCUT2D eigenvalue weighted by Crippen LogP contribution is -2.36. The van der Waals surface area contributed by atoms with Gasteiger partial charge in [0, 0.05) is 29.7 Å². The summed E-state index contributed by atoms with van der Waals surface area (Å²) in [5.41, 5.74) is 10.0. The van der Waals surface area contributed by atoms with Crippen LogP contribution in [-0.4, -0.2) is 43.3 Å². The van der Waals surface area contributed by atoms with Crippen molar-refractivity contribution < 1.29 is 9.13 Å². The van der Waals surface area contributed by atoms with Crippen LogP contribution in [0.4, 0.5) is 10.1 Å². The fourth-order valence-electron chi connectivity index (χ4n) is 3.80. The van der Waals surface area contributed by atoms with Gasteiger partial charge in [-0.05, 0) is 57.1 Å². The van der Waals surface area contributed by atoms with Crippen molar-refractivity contribution in [3.8, 4) is 11.3 Å². The summed E-state index contributed by atoms with van der Waals surface area (Å²) in [6, 6.07) is 12.1. The minimum atomic E-state index is -1.01. The zero-order valence-corrected chi connectivity index (χ0v) is 17.6. The SMILES string of the molecule is CN.Cc1nc(-c2cccc(C(C)F)c2C)c2cc(N3CCOCC3)ccc2n1. The van der Waals surface area contributed by atoms with Crippen molar-refractivity contribution in [3.05, 3.63) is 53.3 Å². The maximum atomic E-state index is 14.0. The number of aromatic nitrogens is 2. The number of benzene rings is 2. The molecule has 1 aromatic heterocycles. The third-order valence-electron chi connectivity index (χ3n) is 5.23. The molecule has 1 unspecified atom stereocenters. The largest absolute Gasteiger partial charge is 0.378 e. The Morgan fingerprint density at radius 1 is 1.07 bits per heavy atom. The fraction of sp³-hybridized carbons (Fsp3) is 0.391. The Hall–Kier alpha value is -2.57. The summed E-state index contributed by atoms with van der Waals surface area (Å²) in [5.74, 6) is 0.717. The number of rotatable bonds is 3. The molecular formula is C23H29FN4O. The number of nitrogens with zero attached hydrogens (tertiary/aromatic N) is 3. The molecule has 5 nitrogen and oxygen atoms in total. The Kier molecular flexibility index (Phi) is 6.77. The molecule has 2 heterocycles. The number of hydrogen-bond acceptors (Lipinski definition) is 5. The first kappa shape index (κ1) is 21.1. The molecule has 2 aromatic carbocycles. The second-order valence-electron chi connectivity index (χ2n) is 7.06. The number of anilines is 1. The minimum absolute atomic E-state index is 0.709. The molecule has 2 N–H and O–H groups in total. The maximum Gasteiger partial charge on any atom is 0.126 e. The van der Waals surface area contributed by atoms with E-state index in [2.05, 4.69) is 33.8 Å². The number of hydrogen-bond donors (Lipinski definition) is 1. The molecular weight excluding hydrogens is 367 g/mol. The minimum Gasteiger partial charge on any atom is -0.378 e. The molecule has 3 aromatic rings. The van der Waals surface area contributed by atoms with Gasteiger partial charge in [-0.25, -0.2) is 14.4 Å². The Morgan fingerprint density at radius 2 is 1.79 bits per heavy atom. The molecule has 1 aliphatic heterocycles. The van der Waals surface area contributed by atoms with Crippen molar-refractivity contribution >= 4 is 16.6 Å². The lowest BCUT2D eigenvalue weighted by Gasteiger charge is -2.29. The molecule has 6 heteroatoms. The molecule has 1 aliphatic rings. The van der Waals surface area contributed by atoms with E-state index in [1.54, 1.807) is 6.92 Å². The van der Waals surface area contributed by atoms with Crippen molar-refractivity contribution in [2.24, 2.45) is 5.73 Å². The van der Waals surface area contributed by atoms with Gasteiger partial charge < -0.3 is 15.4 Å². The Balaban J connectivity index is 0.00000117. The lowest BCUT2D eigenvalue weighted by atomic mass is 9.95. The van der Waals surface area contributed by atoms with Crippen molar-refractivity contribution in [1.82, 2.24) is 9.97 Å². The van der Waals surface area contributed by atoms with Crippen molar-refractivity contribution in [2.75, 3.05) is 38.3 Å². The topological polar surface area (TPSA) is 64.3 Å².